The average molecular weight is 270 g/mol. The molecule has 8 heteroatoms. The van der Waals surface area contributed by atoms with Crippen LogP contribution in [-0.4, -0.2) is 42.5 Å². The number of esters is 1. The minimum absolute atomic E-state index is 0.123. The molecule has 0 aliphatic heterocycles. The van der Waals surface area contributed by atoms with E-state index in [1.54, 1.807) is 13.8 Å². The van der Waals surface area contributed by atoms with E-state index in [4.69, 9.17) is 9.29 Å². The zero-order chi connectivity index (χ0) is 12.8. The van der Waals surface area contributed by atoms with Crippen LogP contribution in [0.15, 0.2) is 0 Å². The number of rotatable bonds is 6. The van der Waals surface area contributed by atoms with Crippen molar-refractivity contribution in [2.24, 2.45) is 0 Å². The molecule has 0 aliphatic carbocycles. The highest BCUT2D eigenvalue weighted by Gasteiger charge is 2.32. The summed E-state index contributed by atoms with van der Waals surface area (Å²) >= 11 is 4.66. The molecule has 0 spiro atoms. The molecule has 0 aromatic rings. The quantitative estimate of drug-likeness (QED) is 0.428. The number of hydrogen-bond donors (Lipinski definition) is 1. The molecule has 94 valence electrons. The molecule has 0 rings (SSSR count). The van der Waals surface area contributed by atoms with Gasteiger partial charge in [0.05, 0.1) is 19.6 Å². The third kappa shape index (κ3) is 5.38. The minimum Gasteiger partial charge on any atom is -0.486 e. The molecular formula is C8H14O6S2. The molecule has 0 bridgehead atoms. The van der Waals surface area contributed by atoms with Gasteiger partial charge in [-0.1, -0.05) is 0 Å². The summed E-state index contributed by atoms with van der Waals surface area (Å²) in [7, 11) is -4.47. The van der Waals surface area contributed by atoms with Gasteiger partial charge in [0, 0.05) is 0 Å². The second-order valence-electron chi connectivity index (χ2n) is 2.76. The van der Waals surface area contributed by atoms with E-state index < -0.39 is 27.8 Å². The molecule has 0 aromatic heterocycles. The van der Waals surface area contributed by atoms with Gasteiger partial charge in [-0.25, -0.2) is 0 Å². The van der Waals surface area contributed by atoms with E-state index in [-0.39, 0.29) is 18.3 Å². The smallest absolute Gasteiger partial charge is 0.307 e. The van der Waals surface area contributed by atoms with Crippen molar-refractivity contribution < 1.29 is 27.2 Å². The van der Waals surface area contributed by atoms with Crippen LogP contribution in [0, 0.1) is 0 Å². The van der Waals surface area contributed by atoms with Gasteiger partial charge in [0.15, 0.2) is 10.3 Å². The highest BCUT2D eigenvalue weighted by Crippen LogP contribution is 2.10. The molecule has 0 saturated carbocycles. The fourth-order valence-corrected chi connectivity index (χ4v) is 2.14. The molecule has 0 aromatic carbocycles. The van der Waals surface area contributed by atoms with Crippen LogP contribution in [0.5, 0.6) is 0 Å². The van der Waals surface area contributed by atoms with Gasteiger partial charge < -0.3 is 9.47 Å². The van der Waals surface area contributed by atoms with Crippen LogP contribution in [0.25, 0.3) is 0 Å². The summed E-state index contributed by atoms with van der Waals surface area (Å²) in [6, 6.07) is 0. The molecule has 0 heterocycles. The van der Waals surface area contributed by atoms with Crippen LogP contribution >= 0.6 is 12.2 Å². The molecule has 0 fully saturated rings. The zero-order valence-corrected chi connectivity index (χ0v) is 10.6. The standard InChI is InChI=1S/C8H14O6S2/c1-3-13-7(9)5-6(16(10,11)12)8(15)14-4-2/h6H,3-5H2,1-2H3,(H,10,11,12). The normalized spacial score (nSPS) is 12.9. The zero-order valence-electron chi connectivity index (χ0n) is 9.00. The highest BCUT2D eigenvalue weighted by molar-refractivity contribution is 7.90. The summed E-state index contributed by atoms with van der Waals surface area (Å²) in [5, 5.41) is -1.89. The Kier molecular flexibility index (Phi) is 6.46. The predicted molar refractivity (Wildman–Crippen MR) is 60.8 cm³/mol. The van der Waals surface area contributed by atoms with Gasteiger partial charge in [-0.2, -0.15) is 8.42 Å². The van der Waals surface area contributed by atoms with Crippen molar-refractivity contribution >= 4 is 33.4 Å². The lowest BCUT2D eigenvalue weighted by molar-refractivity contribution is -0.142. The fourth-order valence-electron chi connectivity index (χ4n) is 0.917. The number of hydrogen-bond acceptors (Lipinski definition) is 6. The third-order valence-electron chi connectivity index (χ3n) is 1.57. The SMILES string of the molecule is CCOC(=O)CC(C(=S)OCC)S(=O)(=O)O. The molecule has 6 nitrogen and oxygen atoms in total. The van der Waals surface area contributed by atoms with Crippen LogP contribution in [0.3, 0.4) is 0 Å². The molecular weight excluding hydrogens is 256 g/mol. The molecule has 16 heavy (non-hydrogen) atoms. The van der Waals surface area contributed by atoms with Crippen molar-refractivity contribution in [1.82, 2.24) is 0 Å². The van der Waals surface area contributed by atoms with Gasteiger partial charge in [0.2, 0.25) is 0 Å². The van der Waals surface area contributed by atoms with Gasteiger partial charge in [-0.15, -0.1) is 0 Å². The summed E-state index contributed by atoms with van der Waals surface area (Å²) in [4.78, 5) is 11.1. The maximum Gasteiger partial charge on any atom is 0.307 e. The summed E-state index contributed by atoms with van der Waals surface area (Å²) in [5.41, 5.74) is 0. The molecule has 1 N–H and O–H groups in total. The van der Waals surface area contributed by atoms with Crippen molar-refractivity contribution in [2.75, 3.05) is 13.2 Å². The second kappa shape index (κ2) is 6.77. The van der Waals surface area contributed by atoms with Crippen LogP contribution in [0.1, 0.15) is 20.3 Å². The van der Waals surface area contributed by atoms with E-state index in [2.05, 4.69) is 17.0 Å². The first-order valence-corrected chi connectivity index (χ1v) is 6.52. The Hall–Kier alpha value is -0.730. The van der Waals surface area contributed by atoms with Crippen LogP contribution in [0.4, 0.5) is 0 Å². The number of thiocarbonyl (C=S) groups is 1. The average Bonchev–Trinajstić information content (AvgIpc) is 2.13. The van der Waals surface area contributed by atoms with Crippen molar-refractivity contribution in [3.63, 3.8) is 0 Å². The van der Waals surface area contributed by atoms with E-state index in [0.29, 0.717) is 0 Å². The Morgan fingerprint density at radius 3 is 2.19 bits per heavy atom. The van der Waals surface area contributed by atoms with Crippen LogP contribution < -0.4 is 0 Å². The van der Waals surface area contributed by atoms with Gasteiger partial charge in [0.1, 0.15) is 0 Å². The molecule has 0 aliphatic rings. The lowest BCUT2D eigenvalue weighted by Crippen LogP contribution is -2.33. The lowest BCUT2D eigenvalue weighted by atomic mass is 10.3. The van der Waals surface area contributed by atoms with Crippen LogP contribution in [0.2, 0.25) is 0 Å². The van der Waals surface area contributed by atoms with E-state index >= 15 is 0 Å². The van der Waals surface area contributed by atoms with Crippen molar-refractivity contribution in [3.05, 3.63) is 0 Å². The number of carbonyl (C=O) groups is 1. The summed E-state index contributed by atoms with van der Waals surface area (Å²) in [6.45, 7) is 3.48. The summed E-state index contributed by atoms with van der Waals surface area (Å²) < 4.78 is 40.2. The van der Waals surface area contributed by atoms with Gasteiger partial charge in [-0.3, -0.25) is 9.35 Å². The Labute approximate surface area is 99.7 Å². The molecule has 0 amide bonds. The minimum atomic E-state index is -4.47. The van der Waals surface area contributed by atoms with Gasteiger partial charge in [-0.05, 0) is 26.1 Å². The number of ether oxygens (including phenoxy) is 2. The Morgan fingerprint density at radius 2 is 1.81 bits per heavy atom. The highest BCUT2D eigenvalue weighted by atomic mass is 32.2. The fraction of sp³-hybridized carbons (Fsp3) is 0.750. The first kappa shape index (κ1) is 15.3. The Balaban J connectivity index is 4.71. The Bertz CT molecular complexity index is 348. The monoisotopic (exact) mass is 270 g/mol. The number of carbonyl (C=O) groups excluding carboxylic acids is 1. The van der Waals surface area contributed by atoms with Crippen molar-refractivity contribution in [2.45, 2.75) is 25.5 Å². The van der Waals surface area contributed by atoms with Gasteiger partial charge in [0.25, 0.3) is 10.1 Å². The maximum atomic E-state index is 11.1. The molecule has 0 radical (unpaired) electrons. The predicted octanol–water partition coefficient (Wildman–Crippen LogP) is 0.560. The third-order valence-corrected chi connectivity index (χ3v) is 3.22. The molecule has 1 unspecified atom stereocenters. The van der Waals surface area contributed by atoms with Crippen molar-refractivity contribution in [3.8, 4) is 0 Å². The maximum absolute atomic E-state index is 11.1. The van der Waals surface area contributed by atoms with E-state index in [9.17, 15) is 13.2 Å². The topological polar surface area (TPSA) is 89.9 Å². The van der Waals surface area contributed by atoms with Gasteiger partial charge >= 0.3 is 5.97 Å². The van der Waals surface area contributed by atoms with E-state index in [1.807, 2.05) is 0 Å². The Morgan fingerprint density at radius 1 is 1.31 bits per heavy atom. The van der Waals surface area contributed by atoms with E-state index in [1.165, 1.54) is 0 Å². The second-order valence-corrected chi connectivity index (χ2v) is 4.77. The summed E-state index contributed by atoms with van der Waals surface area (Å²) in [5.74, 6) is -0.757. The lowest BCUT2D eigenvalue weighted by Gasteiger charge is -2.14. The summed E-state index contributed by atoms with van der Waals surface area (Å²) in [6.07, 6.45) is -0.550. The molecule has 0 saturated heterocycles. The van der Waals surface area contributed by atoms with E-state index in [0.717, 1.165) is 0 Å². The first-order valence-electron chi connectivity index (χ1n) is 4.61. The molecule has 1 atom stereocenters. The largest absolute Gasteiger partial charge is 0.486 e. The van der Waals surface area contributed by atoms with Crippen molar-refractivity contribution in [1.29, 1.82) is 0 Å². The van der Waals surface area contributed by atoms with Crippen LogP contribution in [-0.2, 0) is 24.4 Å². The first-order chi connectivity index (χ1) is 7.32.